The first kappa shape index (κ1) is 25.2. The molecule has 2 atom stereocenters. The number of nitrogens with one attached hydrogen (secondary N) is 2. The number of carbonyl (C=O) groups excluding carboxylic acids is 2. The van der Waals surface area contributed by atoms with Crippen LogP contribution < -0.4 is 10.6 Å². The third-order valence-corrected chi connectivity index (χ3v) is 8.81. The Bertz CT molecular complexity index is 1150. The van der Waals surface area contributed by atoms with Gasteiger partial charge in [0, 0.05) is 39.1 Å². The van der Waals surface area contributed by atoms with Gasteiger partial charge in [0.1, 0.15) is 6.04 Å². The van der Waals surface area contributed by atoms with Gasteiger partial charge in [-0.3, -0.25) is 9.59 Å². The van der Waals surface area contributed by atoms with Gasteiger partial charge in [0.05, 0.1) is 5.41 Å². The first-order valence-electron chi connectivity index (χ1n) is 12.0. The van der Waals surface area contributed by atoms with Crippen molar-refractivity contribution in [1.82, 2.24) is 15.5 Å². The summed E-state index contributed by atoms with van der Waals surface area (Å²) in [4.78, 5) is 29.5. The average molecular weight is 555 g/mol. The van der Waals surface area contributed by atoms with Crippen LogP contribution in [0.25, 0.3) is 0 Å². The monoisotopic (exact) mass is 553 g/mol. The van der Waals surface area contributed by atoms with Crippen LogP contribution in [-0.2, 0) is 21.4 Å². The van der Waals surface area contributed by atoms with Crippen molar-refractivity contribution >= 4 is 58.2 Å². The molecule has 3 heterocycles. The molecule has 2 bridgehead atoms. The molecule has 5 nitrogen and oxygen atoms in total. The molecule has 6 rings (SSSR count). The Morgan fingerprint density at radius 1 is 0.971 bits per heavy atom. The van der Waals surface area contributed by atoms with Gasteiger partial charge in [0.25, 0.3) is 0 Å². The first-order chi connectivity index (χ1) is 16.7. The van der Waals surface area contributed by atoms with Crippen LogP contribution in [0.3, 0.4) is 0 Å². The normalized spacial score (nSPS) is 25.1. The molecule has 0 aromatic heterocycles. The lowest BCUT2D eigenvalue weighted by molar-refractivity contribution is -0.131. The maximum absolute atomic E-state index is 13.6. The molecule has 4 aliphatic rings. The second-order valence-electron chi connectivity index (χ2n) is 9.93. The third-order valence-electron chi connectivity index (χ3n) is 7.68. The number of halogens is 4. The molecule has 186 valence electrons. The van der Waals surface area contributed by atoms with Crippen molar-refractivity contribution in [2.75, 3.05) is 19.6 Å². The highest BCUT2D eigenvalue weighted by atomic mass is 35.5. The van der Waals surface area contributed by atoms with E-state index in [9.17, 15) is 9.59 Å². The summed E-state index contributed by atoms with van der Waals surface area (Å²) < 4.78 is 0. The first-order valence-corrected chi connectivity index (χ1v) is 13.5. The topological polar surface area (TPSA) is 61.4 Å². The zero-order chi connectivity index (χ0) is 24.7. The molecule has 1 aliphatic carbocycles. The minimum absolute atomic E-state index is 0.0886. The van der Waals surface area contributed by atoms with Crippen molar-refractivity contribution in [2.24, 2.45) is 5.92 Å². The zero-order valence-corrected chi connectivity index (χ0v) is 22.2. The van der Waals surface area contributed by atoms with E-state index in [0.717, 1.165) is 43.6 Å². The van der Waals surface area contributed by atoms with E-state index in [-0.39, 0.29) is 24.3 Å². The molecule has 2 aromatic rings. The van der Waals surface area contributed by atoms with Crippen LogP contribution in [0, 0.1) is 5.92 Å². The van der Waals surface area contributed by atoms with Gasteiger partial charge < -0.3 is 15.5 Å². The average Bonchev–Trinajstić information content (AvgIpc) is 3.63. The van der Waals surface area contributed by atoms with Crippen molar-refractivity contribution in [2.45, 2.75) is 49.6 Å². The Labute approximate surface area is 225 Å². The Balaban J connectivity index is 1.37. The van der Waals surface area contributed by atoms with Gasteiger partial charge >= 0.3 is 0 Å². The van der Waals surface area contributed by atoms with Crippen LogP contribution >= 0.6 is 46.4 Å². The number of amides is 2. The van der Waals surface area contributed by atoms with Crippen molar-refractivity contribution in [3.63, 3.8) is 0 Å². The zero-order valence-electron chi connectivity index (χ0n) is 19.1. The van der Waals surface area contributed by atoms with Gasteiger partial charge in [-0.15, -0.1) is 0 Å². The Hall–Kier alpha value is -1.50. The Kier molecular flexibility index (Phi) is 7.26. The minimum Gasteiger partial charge on any atom is -0.350 e. The van der Waals surface area contributed by atoms with E-state index < -0.39 is 11.5 Å². The molecular weight excluding hydrogens is 528 g/mol. The molecule has 2 amide bonds. The largest absolute Gasteiger partial charge is 0.350 e. The lowest BCUT2D eigenvalue weighted by Crippen LogP contribution is -2.60. The lowest BCUT2D eigenvalue weighted by atomic mass is 9.84. The number of fused-ring (bicyclic) bond motifs is 3. The number of nitrogens with zero attached hydrogens (tertiary/aromatic N) is 1. The Morgan fingerprint density at radius 2 is 1.63 bits per heavy atom. The van der Waals surface area contributed by atoms with E-state index >= 15 is 0 Å². The van der Waals surface area contributed by atoms with Gasteiger partial charge in [-0.2, -0.15) is 0 Å². The molecule has 0 radical (unpaired) electrons. The number of carbonyl (C=O) groups is 2. The fourth-order valence-corrected chi connectivity index (χ4v) is 6.52. The summed E-state index contributed by atoms with van der Waals surface area (Å²) in [5, 5.41) is 8.22. The maximum Gasteiger partial charge on any atom is 0.243 e. The SMILES string of the molecule is O=C(N[C@H]1CN2CCC1CC2)[C@H](Cc1ccc(Cl)cc1Cl)NC(=O)C1(c2ccc(Cl)cc2Cl)CC1. The predicted octanol–water partition coefficient (Wildman–Crippen LogP) is 5.27. The van der Waals surface area contributed by atoms with Crippen LogP contribution in [0.4, 0.5) is 0 Å². The van der Waals surface area contributed by atoms with E-state index in [1.807, 2.05) is 0 Å². The molecule has 2 aromatic carbocycles. The molecule has 1 saturated carbocycles. The van der Waals surface area contributed by atoms with Gasteiger partial charge in [-0.1, -0.05) is 58.5 Å². The summed E-state index contributed by atoms with van der Waals surface area (Å²) in [7, 11) is 0. The molecule has 2 N–H and O–H groups in total. The van der Waals surface area contributed by atoms with Gasteiger partial charge in [-0.25, -0.2) is 0 Å². The van der Waals surface area contributed by atoms with Gasteiger partial charge in [0.2, 0.25) is 11.8 Å². The molecule has 0 unspecified atom stereocenters. The van der Waals surface area contributed by atoms with Crippen molar-refractivity contribution in [3.8, 4) is 0 Å². The van der Waals surface area contributed by atoms with E-state index in [1.54, 1.807) is 36.4 Å². The summed E-state index contributed by atoms with van der Waals surface area (Å²) in [5.74, 6) is 0.0732. The molecule has 3 aliphatic heterocycles. The van der Waals surface area contributed by atoms with E-state index in [1.165, 1.54) is 0 Å². The summed E-state index contributed by atoms with van der Waals surface area (Å²) in [6, 6.07) is 9.69. The molecule has 9 heteroatoms. The van der Waals surface area contributed by atoms with Crippen molar-refractivity contribution < 1.29 is 9.59 Å². The number of benzene rings is 2. The maximum atomic E-state index is 13.6. The van der Waals surface area contributed by atoms with E-state index in [4.69, 9.17) is 46.4 Å². The van der Waals surface area contributed by atoms with Crippen LogP contribution in [0.2, 0.25) is 20.1 Å². The standard InChI is InChI=1S/C26H27Cl4N3O2/c27-17-2-1-16(20(29)12-17)11-22(24(34)31-23-14-33-9-5-15(23)6-10-33)32-25(35)26(7-8-26)19-4-3-18(28)13-21(19)30/h1-4,12-13,15,22-23H,5-11,14H2,(H,31,34)(H,32,35)/t22-,23-/m0/s1. The number of hydrogen-bond donors (Lipinski definition) is 2. The molecular formula is C26H27Cl4N3O2. The quantitative estimate of drug-likeness (QED) is 0.490. The minimum atomic E-state index is -0.778. The van der Waals surface area contributed by atoms with Crippen LogP contribution in [0.1, 0.15) is 36.8 Å². The summed E-state index contributed by atoms with van der Waals surface area (Å²) in [6.45, 7) is 3.02. The second-order valence-corrected chi connectivity index (χ2v) is 11.6. The van der Waals surface area contributed by atoms with Crippen LogP contribution in [-0.4, -0.2) is 48.4 Å². The number of hydrogen-bond acceptors (Lipinski definition) is 3. The number of rotatable bonds is 7. The Morgan fingerprint density at radius 3 is 2.20 bits per heavy atom. The molecule has 4 fully saturated rings. The molecule has 3 saturated heterocycles. The summed E-state index contributed by atoms with van der Waals surface area (Å²) in [5.41, 5.74) is 0.738. The predicted molar refractivity (Wildman–Crippen MR) is 141 cm³/mol. The highest BCUT2D eigenvalue weighted by Gasteiger charge is 2.53. The third kappa shape index (κ3) is 5.30. The van der Waals surface area contributed by atoms with Crippen molar-refractivity contribution in [3.05, 3.63) is 67.6 Å². The second kappa shape index (κ2) is 10.1. The van der Waals surface area contributed by atoms with Crippen molar-refractivity contribution in [1.29, 1.82) is 0 Å². The number of piperidine rings is 3. The highest BCUT2D eigenvalue weighted by molar-refractivity contribution is 6.35. The summed E-state index contributed by atoms with van der Waals surface area (Å²) >= 11 is 25.0. The molecule has 0 spiro atoms. The van der Waals surface area contributed by atoms with Gasteiger partial charge in [0.15, 0.2) is 0 Å². The molecule has 35 heavy (non-hydrogen) atoms. The van der Waals surface area contributed by atoms with E-state index in [0.29, 0.717) is 38.9 Å². The van der Waals surface area contributed by atoms with Gasteiger partial charge in [-0.05, 0) is 80.1 Å². The fraction of sp³-hybridized carbons (Fsp3) is 0.462. The summed E-state index contributed by atoms with van der Waals surface area (Å²) in [6.07, 6.45) is 3.76. The smallest absolute Gasteiger partial charge is 0.243 e. The highest BCUT2D eigenvalue weighted by Crippen LogP contribution is 2.51. The van der Waals surface area contributed by atoms with E-state index in [2.05, 4.69) is 15.5 Å². The lowest BCUT2D eigenvalue weighted by Gasteiger charge is -2.45. The van der Waals surface area contributed by atoms with Crippen LogP contribution in [0.15, 0.2) is 36.4 Å². The van der Waals surface area contributed by atoms with Crippen LogP contribution in [0.5, 0.6) is 0 Å². The fourth-order valence-electron chi connectivity index (χ4n) is 5.45.